The van der Waals surface area contributed by atoms with Crippen molar-refractivity contribution in [3.05, 3.63) is 72.3 Å². The van der Waals surface area contributed by atoms with Gasteiger partial charge in [0, 0.05) is 17.8 Å². The molecule has 100 valence electrons. The van der Waals surface area contributed by atoms with E-state index in [-0.39, 0.29) is 11.5 Å². The largest absolute Gasteiger partial charge is 0.237 e. The predicted molar refractivity (Wildman–Crippen MR) is 68.9 cm³/mol. The number of nitrogens with zero attached hydrogens (tertiary/aromatic N) is 2. The van der Waals surface area contributed by atoms with Crippen LogP contribution in [-0.4, -0.2) is 9.78 Å². The number of hydrogen-bond donors (Lipinski definition) is 0. The van der Waals surface area contributed by atoms with Gasteiger partial charge in [-0.1, -0.05) is 12.1 Å². The molecule has 0 unspecified atom stereocenters. The summed E-state index contributed by atoms with van der Waals surface area (Å²) in [7, 11) is 0. The molecule has 0 N–H and O–H groups in total. The van der Waals surface area contributed by atoms with Gasteiger partial charge in [0.05, 0.1) is 6.20 Å². The fourth-order valence-electron chi connectivity index (χ4n) is 1.94. The molecule has 0 saturated carbocycles. The summed E-state index contributed by atoms with van der Waals surface area (Å²) in [6.45, 7) is 0. The van der Waals surface area contributed by atoms with E-state index in [0.29, 0.717) is 11.1 Å². The van der Waals surface area contributed by atoms with E-state index in [1.165, 1.54) is 29.1 Å². The first-order valence-electron chi connectivity index (χ1n) is 5.89. The summed E-state index contributed by atoms with van der Waals surface area (Å²) in [4.78, 5) is 0. The van der Waals surface area contributed by atoms with Gasteiger partial charge in [-0.15, -0.1) is 0 Å². The minimum atomic E-state index is -0.709. The number of halogens is 3. The third-order valence-corrected chi connectivity index (χ3v) is 2.90. The first-order chi connectivity index (χ1) is 9.63. The van der Waals surface area contributed by atoms with Crippen molar-refractivity contribution >= 4 is 0 Å². The van der Waals surface area contributed by atoms with E-state index in [1.54, 1.807) is 18.3 Å². The van der Waals surface area contributed by atoms with E-state index in [1.807, 2.05) is 0 Å². The fourth-order valence-corrected chi connectivity index (χ4v) is 1.94. The van der Waals surface area contributed by atoms with Gasteiger partial charge in [0.15, 0.2) is 5.82 Å². The van der Waals surface area contributed by atoms with E-state index in [9.17, 15) is 13.2 Å². The molecule has 0 amide bonds. The van der Waals surface area contributed by atoms with Crippen molar-refractivity contribution in [3.63, 3.8) is 0 Å². The molecular weight excluding hydrogens is 265 g/mol. The highest BCUT2D eigenvalue weighted by atomic mass is 19.1. The molecule has 20 heavy (non-hydrogen) atoms. The average Bonchev–Trinajstić information content (AvgIpc) is 2.88. The first kappa shape index (κ1) is 12.5. The first-order valence-corrected chi connectivity index (χ1v) is 5.89. The summed E-state index contributed by atoms with van der Waals surface area (Å²) in [5, 5.41) is 4.01. The van der Waals surface area contributed by atoms with E-state index in [2.05, 4.69) is 5.10 Å². The van der Waals surface area contributed by atoms with Crippen LogP contribution in [0.4, 0.5) is 13.2 Å². The smallest absolute Gasteiger partial charge is 0.151 e. The lowest BCUT2D eigenvalue weighted by Gasteiger charge is -2.02. The topological polar surface area (TPSA) is 17.8 Å². The lowest BCUT2D eigenvalue weighted by atomic mass is 10.1. The quantitative estimate of drug-likeness (QED) is 0.691. The summed E-state index contributed by atoms with van der Waals surface area (Å²) in [5.41, 5.74) is 1.42. The molecule has 0 bridgehead atoms. The Labute approximate surface area is 113 Å². The number of rotatable bonds is 2. The van der Waals surface area contributed by atoms with E-state index >= 15 is 0 Å². The van der Waals surface area contributed by atoms with Crippen molar-refractivity contribution in [1.82, 2.24) is 9.78 Å². The van der Waals surface area contributed by atoms with Crippen LogP contribution < -0.4 is 0 Å². The van der Waals surface area contributed by atoms with Gasteiger partial charge >= 0.3 is 0 Å². The van der Waals surface area contributed by atoms with Crippen LogP contribution in [0.1, 0.15) is 0 Å². The van der Waals surface area contributed by atoms with Crippen LogP contribution >= 0.6 is 0 Å². The Morgan fingerprint density at radius 1 is 0.850 bits per heavy atom. The van der Waals surface area contributed by atoms with Gasteiger partial charge in [-0.3, -0.25) is 0 Å². The maximum absolute atomic E-state index is 13.7. The molecule has 0 radical (unpaired) electrons. The highest BCUT2D eigenvalue weighted by Gasteiger charge is 2.09. The molecule has 1 aromatic heterocycles. The van der Waals surface area contributed by atoms with Crippen LogP contribution in [0.25, 0.3) is 16.8 Å². The standard InChI is InChI=1S/C15H9F3N2/c16-12-3-1-2-10(6-12)11-8-19-20(9-11)15-5-4-13(17)7-14(15)18/h1-9H. The van der Waals surface area contributed by atoms with Gasteiger partial charge in [-0.05, 0) is 29.8 Å². The second kappa shape index (κ2) is 4.85. The fraction of sp³-hybridized carbons (Fsp3) is 0. The molecule has 0 aliphatic carbocycles. The number of benzene rings is 2. The molecule has 0 aliphatic heterocycles. The van der Waals surface area contributed by atoms with Crippen molar-refractivity contribution in [2.24, 2.45) is 0 Å². The van der Waals surface area contributed by atoms with Gasteiger partial charge in [-0.25, -0.2) is 17.9 Å². The summed E-state index contributed by atoms with van der Waals surface area (Å²) in [5.74, 6) is -1.72. The van der Waals surface area contributed by atoms with Gasteiger partial charge in [-0.2, -0.15) is 5.10 Å². The van der Waals surface area contributed by atoms with Gasteiger partial charge in [0.1, 0.15) is 17.3 Å². The zero-order valence-corrected chi connectivity index (χ0v) is 10.2. The van der Waals surface area contributed by atoms with Crippen molar-refractivity contribution in [1.29, 1.82) is 0 Å². The number of aromatic nitrogens is 2. The Balaban J connectivity index is 2.02. The highest BCUT2D eigenvalue weighted by Crippen LogP contribution is 2.22. The zero-order valence-electron chi connectivity index (χ0n) is 10.2. The van der Waals surface area contributed by atoms with Crippen LogP contribution in [-0.2, 0) is 0 Å². The third-order valence-electron chi connectivity index (χ3n) is 2.90. The SMILES string of the molecule is Fc1cccc(-c2cnn(-c3ccc(F)cc3F)c2)c1. The molecule has 3 aromatic rings. The Bertz CT molecular complexity index is 765. The van der Waals surface area contributed by atoms with Crippen molar-refractivity contribution in [2.75, 3.05) is 0 Å². The summed E-state index contributed by atoms with van der Waals surface area (Å²) in [6.07, 6.45) is 3.06. The Kier molecular flexibility index (Phi) is 3.02. The Hall–Kier alpha value is -2.56. The molecule has 0 fully saturated rings. The van der Waals surface area contributed by atoms with Gasteiger partial charge in [0.25, 0.3) is 0 Å². The van der Waals surface area contributed by atoms with Crippen molar-refractivity contribution in [3.8, 4) is 16.8 Å². The van der Waals surface area contributed by atoms with E-state index < -0.39 is 11.6 Å². The molecule has 0 aliphatic rings. The van der Waals surface area contributed by atoms with Crippen LogP contribution in [0.15, 0.2) is 54.9 Å². The maximum Gasteiger partial charge on any atom is 0.151 e. The monoisotopic (exact) mass is 274 g/mol. The second-order valence-corrected chi connectivity index (χ2v) is 4.28. The minimum absolute atomic E-state index is 0.133. The molecule has 2 nitrogen and oxygen atoms in total. The van der Waals surface area contributed by atoms with Crippen LogP contribution in [0.5, 0.6) is 0 Å². The van der Waals surface area contributed by atoms with Crippen LogP contribution in [0, 0.1) is 17.5 Å². The second-order valence-electron chi connectivity index (χ2n) is 4.28. The molecule has 0 saturated heterocycles. The summed E-state index contributed by atoms with van der Waals surface area (Å²) in [6, 6.07) is 9.26. The van der Waals surface area contributed by atoms with Crippen molar-refractivity contribution in [2.45, 2.75) is 0 Å². The Morgan fingerprint density at radius 3 is 2.40 bits per heavy atom. The van der Waals surface area contributed by atoms with Crippen molar-refractivity contribution < 1.29 is 13.2 Å². The van der Waals surface area contributed by atoms with Gasteiger partial charge < -0.3 is 0 Å². The zero-order chi connectivity index (χ0) is 14.1. The summed E-state index contributed by atoms with van der Waals surface area (Å²) < 4.78 is 41.0. The molecule has 5 heteroatoms. The third kappa shape index (κ3) is 2.30. The lowest BCUT2D eigenvalue weighted by Crippen LogP contribution is -1.98. The average molecular weight is 274 g/mol. The molecule has 0 atom stereocenters. The van der Waals surface area contributed by atoms with Crippen LogP contribution in [0.3, 0.4) is 0 Å². The minimum Gasteiger partial charge on any atom is -0.237 e. The maximum atomic E-state index is 13.7. The molecule has 3 rings (SSSR count). The lowest BCUT2D eigenvalue weighted by molar-refractivity contribution is 0.573. The molecular formula is C15H9F3N2. The molecule has 1 heterocycles. The van der Waals surface area contributed by atoms with Crippen LogP contribution in [0.2, 0.25) is 0 Å². The normalized spacial score (nSPS) is 10.8. The van der Waals surface area contributed by atoms with E-state index in [4.69, 9.17) is 0 Å². The predicted octanol–water partition coefficient (Wildman–Crippen LogP) is 3.96. The Morgan fingerprint density at radius 2 is 1.65 bits per heavy atom. The highest BCUT2D eigenvalue weighted by molar-refractivity contribution is 5.62. The number of hydrogen-bond acceptors (Lipinski definition) is 1. The molecule has 0 spiro atoms. The van der Waals surface area contributed by atoms with E-state index in [0.717, 1.165) is 12.1 Å². The van der Waals surface area contributed by atoms with Gasteiger partial charge in [0.2, 0.25) is 0 Å². The molecule has 2 aromatic carbocycles. The summed E-state index contributed by atoms with van der Waals surface area (Å²) >= 11 is 0.